The fourth-order valence-corrected chi connectivity index (χ4v) is 4.27. The van der Waals surface area contributed by atoms with Gasteiger partial charge in [-0.2, -0.15) is 0 Å². The standard InChI is InChI=1S/C25H29N3O3/c1-5-26-23(29)21-13-19-20(14-28(4)24(30)22(19)27-21)18-12-16(25(2,3)31)10-11-17(18)15-8-6-7-9-15/h8,10-14,27,31H,5-7,9H2,1-4H3,(H,26,29). The van der Waals surface area contributed by atoms with Gasteiger partial charge in [-0.15, -0.1) is 0 Å². The molecule has 3 aromatic rings. The van der Waals surface area contributed by atoms with Gasteiger partial charge in [0.15, 0.2) is 0 Å². The van der Waals surface area contributed by atoms with Crippen LogP contribution >= 0.6 is 0 Å². The van der Waals surface area contributed by atoms with E-state index in [2.05, 4.69) is 22.4 Å². The fraction of sp³-hybridized carbons (Fsp3) is 0.360. The summed E-state index contributed by atoms with van der Waals surface area (Å²) in [6.45, 7) is 5.89. The molecule has 0 aliphatic heterocycles. The summed E-state index contributed by atoms with van der Waals surface area (Å²) in [5.74, 6) is -0.240. The van der Waals surface area contributed by atoms with E-state index in [9.17, 15) is 14.7 Å². The molecule has 4 rings (SSSR count). The number of carbonyl (C=O) groups excluding carboxylic acids is 1. The molecule has 1 amide bonds. The SMILES string of the molecule is CCNC(=O)c1cc2c(-c3cc(C(C)(C)O)ccc3C3=CCCC3)cn(C)c(=O)c2[nH]1. The van der Waals surface area contributed by atoms with Crippen LogP contribution in [0.4, 0.5) is 0 Å². The highest BCUT2D eigenvalue weighted by atomic mass is 16.3. The Bertz CT molecular complexity index is 1260. The molecular formula is C25H29N3O3. The lowest BCUT2D eigenvalue weighted by atomic mass is 9.88. The molecule has 0 saturated heterocycles. The molecule has 6 nitrogen and oxygen atoms in total. The van der Waals surface area contributed by atoms with Crippen molar-refractivity contribution in [3.63, 3.8) is 0 Å². The number of benzene rings is 1. The van der Waals surface area contributed by atoms with Gasteiger partial charge in [-0.25, -0.2) is 0 Å². The lowest BCUT2D eigenvalue weighted by Crippen LogP contribution is -2.23. The van der Waals surface area contributed by atoms with Gasteiger partial charge < -0.3 is 20.0 Å². The number of aromatic amines is 1. The molecule has 1 aromatic carbocycles. The number of fused-ring (bicyclic) bond motifs is 1. The van der Waals surface area contributed by atoms with Crippen molar-refractivity contribution in [2.24, 2.45) is 7.05 Å². The van der Waals surface area contributed by atoms with E-state index in [4.69, 9.17) is 0 Å². The second-order valence-electron chi connectivity index (χ2n) is 8.73. The Balaban J connectivity index is 2.02. The largest absolute Gasteiger partial charge is 0.386 e. The molecule has 2 aromatic heterocycles. The summed E-state index contributed by atoms with van der Waals surface area (Å²) in [6.07, 6.45) is 7.26. The monoisotopic (exact) mass is 419 g/mol. The van der Waals surface area contributed by atoms with Gasteiger partial charge in [-0.3, -0.25) is 9.59 Å². The van der Waals surface area contributed by atoms with E-state index >= 15 is 0 Å². The lowest BCUT2D eigenvalue weighted by molar-refractivity contribution is 0.0786. The number of allylic oxidation sites excluding steroid dienone is 2. The predicted octanol–water partition coefficient (Wildman–Crippen LogP) is 4.08. The second-order valence-corrected chi connectivity index (χ2v) is 8.73. The highest BCUT2D eigenvalue weighted by molar-refractivity contribution is 6.03. The van der Waals surface area contributed by atoms with Crippen LogP contribution in [0.15, 0.2) is 41.3 Å². The molecule has 3 N–H and O–H groups in total. The minimum absolute atomic E-state index is 0.186. The second kappa shape index (κ2) is 7.85. The van der Waals surface area contributed by atoms with Crippen molar-refractivity contribution in [3.8, 4) is 11.1 Å². The first-order chi connectivity index (χ1) is 14.7. The molecule has 0 radical (unpaired) electrons. The van der Waals surface area contributed by atoms with E-state index in [1.807, 2.05) is 25.3 Å². The molecule has 0 saturated carbocycles. The molecule has 1 aliphatic rings. The lowest BCUT2D eigenvalue weighted by Gasteiger charge is -2.21. The van der Waals surface area contributed by atoms with Crippen LogP contribution in [-0.4, -0.2) is 27.1 Å². The molecule has 0 bridgehead atoms. The Kier molecular flexibility index (Phi) is 5.35. The van der Waals surface area contributed by atoms with Gasteiger partial charge in [0.25, 0.3) is 11.5 Å². The molecule has 31 heavy (non-hydrogen) atoms. The molecule has 162 valence electrons. The quantitative estimate of drug-likeness (QED) is 0.582. The number of pyridine rings is 1. The number of amides is 1. The summed E-state index contributed by atoms with van der Waals surface area (Å²) >= 11 is 0. The molecule has 0 fully saturated rings. The zero-order chi connectivity index (χ0) is 22.3. The number of aliphatic hydroxyl groups is 1. The van der Waals surface area contributed by atoms with Crippen LogP contribution in [0.25, 0.3) is 27.6 Å². The van der Waals surface area contributed by atoms with E-state index < -0.39 is 5.60 Å². The molecular weight excluding hydrogens is 390 g/mol. The zero-order valence-electron chi connectivity index (χ0n) is 18.5. The Morgan fingerprint density at radius 1 is 1.23 bits per heavy atom. The van der Waals surface area contributed by atoms with Crippen molar-refractivity contribution in [1.29, 1.82) is 0 Å². The van der Waals surface area contributed by atoms with Gasteiger partial charge >= 0.3 is 0 Å². The maximum absolute atomic E-state index is 12.8. The first-order valence-corrected chi connectivity index (χ1v) is 10.8. The Hall–Kier alpha value is -3.12. The normalized spacial score (nSPS) is 14.2. The number of aryl methyl sites for hydroxylation is 1. The third-order valence-corrected chi connectivity index (χ3v) is 5.95. The van der Waals surface area contributed by atoms with Crippen molar-refractivity contribution in [1.82, 2.24) is 14.9 Å². The number of rotatable bonds is 5. The third kappa shape index (κ3) is 3.83. The van der Waals surface area contributed by atoms with Gasteiger partial charge in [-0.1, -0.05) is 18.2 Å². The molecule has 0 spiro atoms. The minimum Gasteiger partial charge on any atom is -0.386 e. The average molecular weight is 420 g/mol. The number of hydrogen-bond acceptors (Lipinski definition) is 3. The molecule has 0 unspecified atom stereocenters. The Morgan fingerprint density at radius 2 is 2.00 bits per heavy atom. The van der Waals surface area contributed by atoms with Crippen LogP contribution in [0.3, 0.4) is 0 Å². The summed E-state index contributed by atoms with van der Waals surface area (Å²) in [5.41, 5.74) is 4.57. The summed E-state index contributed by atoms with van der Waals surface area (Å²) < 4.78 is 1.54. The maximum Gasteiger partial charge on any atom is 0.274 e. The van der Waals surface area contributed by atoms with E-state index in [0.29, 0.717) is 23.1 Å². The molecule has 0 atom stereocenters. The highest BCUT2D eigenvalue weighted by Crippen LogP contribution is 2.39. The van der Waals surface area contributed by atoms with Crippen molar-refractivity contribution in [3.05, 3.63) is 63.7 Å². The summed E-state index contributed by atoms with van der Waals surface area (Å²) in [5, 5.41) is 14.1. The van der Waals surface area contributed by atoms with E-state index in [-0.39, 0.29) is 11.5 Å². The average Bonchev–Trinajstić information content (AvgIpc) is 3.40. The van der Waals surface area contributed by atoms with Gasteiger partial charge in [0.2, 0.25) is 0 Å². The van der Waals surface area contributed by atoms with Crippen molar-refractivity contribution < 1.29 is 9.90 Å². The van der Waals surface area contributed by atoms with Gasteiger partial charge in [0, 0.05) is 30.7 Å². The van der Waals surface area contributed by atoms with E-state index in [1.165, 1.54) is 5.57 Å². The van der Waals surface area contributed by atoms with Crippen molar-refractivity contribution in [2.75, 3.05) is 6.54 Å². The van der Waals surface area contributed by atoms with Gasteiger partial charge in [0.05, 0.1) is 5.60 Å². The van der Waals surface area contributed by atoms with Gasteiger partial charge in [-0.05, 0) is 74.4 Å². The Morgan fingerprint density at radius 3 is 2.65 bits per heavy atom. The third-order valence-electron chi connectivity index (χ3n) is 5.95. The molecule has 6 heteroatoms. The topological polar surface area (TPSA) is 87.1 Å². The molecule has 2 heterocycles. The van der Waals surface area contributed by atoms with E-state index in [0.717, 1.165) is 41.5 Å². The molecule has 1 aliphatic carbocycles. The predicted molar refractivity (Wildman–Crippen MR) is 124 cm³/mol. The van der Waals surface area contributed by atoms with Crippen molar-refractivity contribution in [2.45, 2.75) is 45.6 Å². The highest BCUT2D eigenvalue weighted by Gasteiger charge is 2.23. The number of H-pyrrole nitrogens is 1. The van der Waals surface area contributed by atoms with Crippen LogP contribution in [0.5, 0.6) is 0 Å². The first kappa shape index (κ1) is 21.1. The van der Waals surface area contributed by atoms with Crippen LogP contribution in [0.1, 0.15) is 61.6 Å². The zero-order valence-corrected chi connectivity index (χ0v) is 18.5. The number of nitrogens with one attached hydrogen (secondary N) is 2. The summed E-state index contributed by atoms with van der Waals surface area (Å²) in [6, 6.07) is 7.79. The van der Waals surface area contributed by atoms with Crippen LogP contribution in [-0.2, 0) is 12.6 Å². The van der Waals surface area contributed by atoms with Crippen LogP contribution < -0.4 is 10.9 Å². The van der Waals surface area contributed by atoms with Gasteiger partial charge in [0.1, 0.15) is 11.2 Å². The number of hydrogen-bond donors (Lipinski definition) is 3. The maximum atomic E-state index is 12.8. The number of carbonyl (C=O) groups is 1. The van der Waals surface area contributed by atoms with Crippen LogP contribution in [0.2, 0.25) is 0 Å². The summed E-state index contributed by atoms with van der Waals surface area (Å²) in [7, 11) is 1.71. The fourth-order valence-electron chi connectivity index (χ4n) is 4.27. The smallest absolute Gasteiger partial charge is 0.274 e. The summed E-state index contributed by atoms with van der Waals surface area (Å²) in [4.78, 5) is 28.3. The minimum atomic E-state index is -0.999. The number of nitrogens with zero attached hydrogens (tertiary/aromatic N) is 1. The Labute approximate surface area is 181 Å². The van der Waals surface area contributed by atoms with E-state index in [1.54, 1.807) is 31.5 Å². The van der Waals surface area contributed by atoms with Crippen molar-refractivity contribution >= 4 is 22.4 Å². The van der Waals surface area contributed by atoms with Crippen LogP contribution in [0, 0.1) is 0 Å². The first-order valence-electron chi connectivity index (χ1n) is 10.8. The number of aromatic nitrogens is 2.